The lowest BCUT2D eigenvalue weighted by atomic mass is 9.97. The summed E-state index contributed by atoms with van der Waals surface area (Å²) in [5, 5.41) is 4.20. The van der Waals surface area contributed by atoms with Gasteiger partial charge in [-0.25, -0.2) is 0 Å². The Kier molecular flexibility index (Phi) is 5.19. The predicted octanol–water partition coefficient (Wildman–Crippen LogP) is 5.73. The first-order valence-electron chi connectivity index (χ1n) is 9.31. The summed E-state index contributed by atoms with van der Waals surface area (Å²) < 4.78 is 0. The second kappa shape index (κ2) is 7.91. The fourth-order valence-electron chi connectivity index (χ4n) is 3.62. The van der Waals surface area contributed by atoms with E-state index in [1.807, 2.05) is 0 Å². The Morgan fingerprint density at radius 1 is 0.481 bits per heavy atom. The molecule has 0 aliphatic carbocycles. The van der Waals surface area contributed by atoms with E-state index >= 15 is 0 Å². The van der Waals surface area contributed by atoms with Crippen LogP contribution in [0.4, 0.5) is 0 Å². The molecule has 0 spiro atoms. The lowest BCUT2D eigenvalue weighted by Crippen LogP contribution is -2.22. The van der Waals surface area contributed by atoms with Gasteiger partial charge < -0.3 is 0 Å². The van der Waals surface area contributed by atoms with Gasteiger partial charge in [0, 0.05) is 0 Å². The highest BCUT2D eigenvalue weighted by Gasteiger charge is 2.21. The molecular formula is C26H23P. The van der Waals surface area contributed by atoms with E-state index in [1.165, 1.54) is 38.2 Å². The van der Waals surface area contributed by atoms with Crippen molar-refractivity contribution >= 4 is 23.8 Å². The van der Waals surface area contributed by atoms with Crippen LogP contribution >= 0.6 is 7.92 Å². The Balaban J connectivity index is 2.00. The summed E-state index contributed by atoms with van der Waals surface area (Å²) in [6.45, 7) is 4.44. The van der Waals surface area contributed by atoms with Gasteiger partial charge in [-0.15, -0.1) is 0 Å². The van der Waals surface area contributed by atoms with E-state index in [0.717, 1.165) is 0 Å². The molecule has 0 unspecified atom stereocenters. The van der Waals surface area contributed by atoms with E-state index < -0.39 is 7.92 Å². The summed E-state index contributed by atoms with van der Waals surface area (Å²) in [6, 6.07) is 37.3. The molecule has 27 heavy (non-hydrogen) atoms. The Morgan fingerprint density at radius 2 is 1.00 bits per heavy atom. The van der Waals surface area contributed by atoms with E-state index in [0.29, 0.717) is 0 Å². The molecular weight excluding hydrogens is 343 g/mol. The lowest BCUT2D eigenvalue weighted by molar-refractivity contribution is 1.42. The van der Waals surface area contributed by atoms with Gasteiger partial charge in [-0.1, -0.05) is 103 Å². The van der Waals surface area contributed by atoms with Gasteiger partial charge in [-0.3, -0.25) is 0 Å². The van der Waals surface area contributed by atoms with Crippen LogP contribution in [0, 0.1) is 13.8 Å². The molecule has 0 atom stereocenters. The molecule has 0 aliphatic heterocycles. The Labute approximate surface area is 163 Å². The molecule has 0 saturated heterocycles. The Hall–Kier alpha value is -2.69. The summed E-state index contributed by atoms with van der Waals surface area (Å²) in [6.07, 6.45) is 0. The van der Waals surface area contributed by atoms with Crippen LogP contribution in [-0.4, -0.2) is 0 Å². The lowest BCUT2D eigenvalue weighted by Gasteiger charge is -2.24. The van der Waals surface area contributed by atoms with E-state index in [-0.39, 0.29) is 0 Å². The van der Waals surface area contributed by atoms with Gasteiger partial charge in [0.15, 0.2) is 0 Å². The van der Waals surface area contributed by atoms with E-state index in [1.54, 1.807) is 0 Å². The molecule has 0 aliphatic rings. The first kappa shape index (κ1) is 17.7. The Bertz CT molecular complexity index is 997. The molecule has 4 aromatic carbocycles. The molecule has 0 aromatic heterocycles. The first-order valence-corrected chi connectivity index (χ1v) is 10.7. The third-order valence-corrected chi connectivity index (χ3v) is 7.42. The van der Waals surface area contributed by atoms with E-state index in [2.05, 4.69) is 117 Å². The van der Waals surface area contributed by atoms with Crippen LogP contribution in [-0.2, 0) is 0 Å². The molecule has 0 fully saturated rings. The number of rotatable bonds is 4. The molecule has 0 N–H and O–H groups in total. The smallest absolute Gasteiger partial charge is 0.00684 e. The standard InChI is InChI=1S/C26H23P/c1-20-12-9-10-18-24(20)26-21(2)13-11-19-25(26)27(22-14-5-3-6-15-22)23-16-7-4-8-17-23/h3-19H,1-2H3. The van der Waals surface area contributed by atoms with Gasteiger partial charge in [0.05, 0.1) is 0 Å². The molecule has 0 amide bonds. The van der Waals surface area contributed by atoms with Crippen molar-refractivity contribution in [2.75, 3.05) is 0 Å². The van der Waals surface area contributed by atoms with E-state index in [4.69, 9.17) is 0 Å². The molecule has 132 valence electrons. The van der Waals surface area contributed by atoms with Crippen LogP contribution in [0.25, 0.3) is 11.1 Å². The summed E-state index contributed by atoms with van der Waals surface area (Å²) in [7, 11) is -0.619. The SMILES string of the molecule is Cc1ccccc1-c1c(C)cccc1P(c1ccccc1)c1ccccc1. The predicted molar refractivity (Wildman–Crippen MR) is 120 cm³/mol. The van der Waals surface area contributed by atoms with Crippen LogP contribution in [0.2, 0.25) is 0 Å². The Morgan fingerprint density at radius 3 is 1.59 bits per heavy atom. The van der Waals surface area contributed by atoms with Gasteiger partial charge >= 0.3 is 0 Å². The van der Waals surface area contributed by atoms with Gasteiger partial charge in [-0.2, -0.15) is 0 Å². The third-order valence-electron chi connectivity index (χ3n) is 4.93. The van der Waals surface area contributed by atoms with Crippen LogP contribution < -0.4 is 15.9 Å². The zero-order valence-corrected chi connectivity index (χ0v) is 16.7. The summed E-state index contributed by atoms with van der Waals surface area (Å²) in [5.41, 5.74) is 5.38. The summed E-state index contributed by atoms with van der Waals surface area (Å²) >= 11 is 0. The summed E-state index contributed by atoms with van der Waals surface area (Å²) in [5.74, 6) is 0. The topological polar surface area (TPSA) is 0 Å². The van der Waals surface area contributed by atoms with Crippen molar-refractivity contribution in [3.8, 4) is 11.1 Å². The van der Waals surface area contributed by atoms with Crippen molar-refractivity contribution in [1.82, 2.24) is 0 Å². The highest BCUT2D eigenvalue weighted by molar-refractivity contribution is 7.80. The maximum absolute atomic E-state index is 2.32. The van der Waals surface area contributed by atoms with Crippen molar-refractivity contribution in [2.24, 2.45) is 0 Å². The number of hydrogen-bond donors (Lipinski definition) is 0. The monoisotopic (exact) mass is 366 g/mol. The molecule has 0 heterocycles. The van der Waals surface area contributed by atoms with E-state index in [9.17, 15) is 0 Å². The van der Waals surface area contributed by atoms with Crippen LogP contribution in [0.5, 0.6) is 0 Å². The quantitative estimate of drug-likeness (QED) is 0.405. The molecule has 0 nitrogen and oxygen atoms in total. The minimum absolute atomic E-state index is 0.619. The number of hydrogen-bond acceptors (Lipinski definition) is 0. The highest BCUT2D eigenvalue weighted by atomic mass is 31.1. The van der Waals surface area contributed by atoms with Crippen LogP contribution in [0.3, 0.4) is 0 Å². The van der Waals surface area contributed by atoms with Crippen molar-refractivity contribution in [3.63, 3.8) is 0 Å². The molecule has 1 heteroatoms. The normalized spacial score (nSPS) is 10.9. The zero-order valence-electron chi connectivity index (χ0n) is 15.8. The molecule has 0 saturated carbocycles. The molecule has 0 radical (unpaired) electrons. The maximum Gasteiger partial charge on any atom is -0.00684 e. The summed E-state index contributed by atoms with van der Waals surface area (Å²) in [4.78, 5) is 0. The van der Waals surface area contributed by atoms with Crippen LogP contribution in [0.15, 0.2) is 103 Å². The number of benzene rings is 4. The fraction of sp³-hybridized carbons (Fsp3) is 0.0769. The molecule has 0 bridgehead atoms. The van der Waals surface area contributed by atoms with Gasteiger partial charge in [0.2, 0.25) is 0 Å². The average molecular weight is 366 g/mol. The number of aryl methyl sites for hydroxylation is 2. The van der Waals surface area contributed by atoms with Gasteiger partial charge in [0.1, 0.15) is 0 Å². The molecule has 4 rings (SSSR count). The van der Waals surface area contributed by atoms with Gasteiger partial charge in [0.25, 0.3) is 0 Å². The molecule has 4 aromatic rings. The van der Waals surface area contributed by atoms with Gasteiger partial charge in [-0.05, 0) is 59.9 Å². The highest BCUT2D eigenvalue weighted by Crippen LogP contribution is 2.38. The maximum atomic E-state index is 2.32. The third kappa shape index (κ3) is 3.59. The van der Waals surface area contributed by atoms with Crippen molar-refractivity contribution in [2.45, 2.75) is 13.8 Å². The van der Waals surface area contributed by atoms with Crippen molar-refractivity contribution < 1.29 is 0 Å². The second-order valence-electron chi connectivity index (χ2n) is 6.79. The van der Waals surface area contributed by atoms with Crippen LogP contribution in [0.1, 0.15) is 11.1 Å². The van der Waals surface area contributed by atoms with Crippen molar-refractivity contribution in [1.29, 1.82) is 0 Å². The fourth-order valence-corrected chi connectivity index (χ4v) is 6.17. The van der Waals surface area contributed by atoms with Crippen molar-refractivity contribution in [3.05, 3.63) is 114 Å². The average Bonchev–Trinajstić information content (AvgIpc) is 2.71. The minimum atomic E-state index is -0.619. The first-order chi connectivity index (χ1) is 13.3. The zero-order chi connectivity index (χ0) is 18.6. The second-order valence-corrected chi connectivity index (χ2v) is 8.98. The minimum Gasteiger partial charge on any atom is -0.0622 e. The largest absolute Gasteiger partial charge is 0.0622 e.